The first-order valence-corrected chi connectivity index (χ1v) is 15.3. The summed E-state index contributed by atoms with van der Waals surface area (Å²) in [5, 5.41) is 6.10. The van der Waals surface area contributed by atoms with E-state index >= 15 is 0 Å². The SMILES string of the molecule is C[C@@H]1CN(c2nc(=O)n3c4c(cc(C(F)(F)F)cc24)[SH](c2cc(Cl)cs2)CC(c2ncccn2)C3)C[C@H](C)N1. The van der Waals surface area contributed by atoms with Crippen LogP contribution in [0.15, 0.2) is 55.9 Å². The Morgan fingerprint density at radius 1 is 1.10 bits per heavy atom. The summed E-state index contributed by atoms with van der Waals surface area (Å²) in [5.41, 5.74) is -0.732. The Hall–Kier alpha value is -2.67. The molecule has 1 saturated heterocycles. The fourth-order valence-corrected chi connectivity index (χ4v) is 10.1. The van der Waals surface area contributed by atoms with E-state index in [-0.39, 0.29) is 24.5 Å². The van der Waals surface area contributed by atoms with Gasteiger partial charge in [-0.2, -0.15) is 29.1 Å². The monoisotopic (exact) mass is 594 g/mol. The van der Waals surface area contributed by atoms with Crippen molar-refractivity contribution in [3.05, 3.63) is 68.9 Å². The summed E-state index contributed by atoms with van der Waals surface area (Å²) in [5.74, 6) is 1.02. The Morgan fingerprint density at radius 3 is 2.46 bits per heavy atom. The zero-order chi connectivity index (χ0) is 27.5. The number of hydrogen-bond donors (Lipinski definition) is 2. The third-order valence-corrected chi connectivity index (χ3v) is 11.5. The molecule has 2 aliphatic heterocycles. The predicted octanol–water partition coefficient (Wildman–Crippen LogP) is 5.32. The number of nitrogens with zero attached hydrogens (tertiary/aromatic N) is 5. The van der Waals surface area contributed by atoms with E-state index in [4.69, 9.17) is 11.6 Å². The van der Waals surface area contributed by atoms with Crippen LogP contribution in [0, 0.1) is 0 Å². The Balaban J connectivity index is 1.66. The summed E-state index contributed by atoms with van der Waals surface area (Å²) in [6.45, 7) is 5.29. The minimum atomic E-state index is -4.57. The number of thiol groups is 1. The molecular weight excluding hydrogens is 569 g/mol. The summed E-state index contributed by atoms with van der Waals surface area (Å²) >= 11 is 7.72. The molecule has 0 amide bonds. The lowest BCUT2D eigenvalue weighted by atomic mass is 10.1. The highest BCUT2D eigenvalue weighted by molar-refractivity contribution is 8.18. The summed E-state index contributed by atoms with van der Waals surface area (Å²) in [4.78, 5) is 29.4. The average Bonchev–Trinajstić information content (AvgIpc) is 3.23. The van der Waals surface area contributed by atoms with Crippen LogP contribution in [0.1, 0.15) is 31.2 Å². The topological polar surface area (TPSA) is 75.9 Å². The second-order valence-corrected chi connectivity index (χ2v) is 13.9. The highest BCUT2D eigenvalue weighted by Crippen LogP contribution is 2.55. The fraction of sp³-hybridized carbons (Fsp3) is 0.385. The van der Waals surface area contributed by atoms with Crippen LogP contribution in [-0.4, -0.2) is 50.4 Å². The van der Waals surface area contributed by atoms with Gasteiger partial charge >= 0.3 is 11.9 Å². The lowest BCUT2D eigenvalue weighted by Gasteiger charge is -2.37. The molecule has 1 N–H and O–H groups in total. The summed E-state index contributed by atoms with van der Waals surface area (Å²) < 4.78 is 45.5. The molecule has 6 rings (SSSR count). The van der Waals surface area contributed by atoms with Gasteiger partial charge in [-0.3, -0.25) is 4.57 Å². The fourth-order valence-electron chi connectivity index (χ4n) is 5.59. The van der Waals surface area contributed by atoms with Gasteiger partial charge in [0, 0.05) is 69.9 Å². The molecule has 0 aliphatic carbocycles. The number of anilines is 1. The van der Waals surface area contributed by atoms with E-state index in [1.165, 1.54) is 22.0 Å². The van der Waals surface area contributed by atoms with Gasteiger partial charge in [0.2, 0.25) is 0 Å². The summed E-state index contributed by atoms with van der Waals surface area (Å²) in [7, 11) is -1.33. The van der Waals surface area contributed by atoms with E-state index in [0.717, 1.165) is 10.3 Å². The van der Waals surface area contributed by atoms with Crippen molar-refractivity contribution in [1.82, 2.24) is 24.8 Å². The Bertz CT molecular complexity index is 1580. The number of halogens is 4. The van der Waals surface area contributed by atoms with Crippen LogP contribution in [0.3, 0.4) is 0 Å². The molecular formula is C26H26ClF3N6OS2. The molecule has 4 atom stereocenters. The normalized spacial score (nSPS) is 24.6. The van der Waals surface area contributed by atoms with Crippen LogP contribution in [-0.2, 0) is 12.7 Å². The smallest absolute Gasteiger partial charge is 0.353 e. The minimum Gasteiger partial charge on any atom is -0.353 e. The number of thiophene rings is 1. The van der Waals surface area contributed by atoms with Gasteiger partial charge in [-0.1, -0.05) is 11.6 Å². The van der Waals surface area contributed by atoms with Crippen LogP contribution in [0.25, 0.3) is 10.9 Å². The Kier molecular flexibility index (Phi) is 6.85. The van der Waals surface area contributed by atoms with E-state index < -0.39 is 28.3 Å². The first-order chi connectivity index (χ1) is 18.6. The maximum absolute atomic E-state index is 14.4. The molecule has 1 fully saturated rings. The number of piperazine rings is 1. The molecule has 0 saturated carbocycles. The average molecular weight is 595 g/mol. The van der Waals surface area contributed by atoms with Crippen molar-refractivity contribution in [2.75, 3.05) is 23.7 Å². The van der Waals surface area contributed by atoms with E-state index in [9.17, 15) is 18.0 Å². The van der Waals surface area contributed by atoms with Gasteiger partial charge < -0.3 is 10.2 Å². The number of nitrogens with one attached hydrogen (secondary N) is 1. The van der Waals surface area contributed by atoms with Gasteiger partial charge in [0.25, 0.3) is 0 Å². The van der Waals surface area contributed by atoms with Crippen LogP contribution in [0.4, 0.5) is 19.0 Å². The largest absolute Gasteiger partial charge is 0.416 e. The molecule has 0 spiro atoms. The second kappa shape index (κ2) is 10.1. The molecule has 5 heterocycles. The number of aromatic nitrogens is 4. The third-order valence-electron chi connectivity index (χ3n) is 7.08. The first-order valence-electron chi connectivity index (χ1n) is 12.5. The van der Waals surface area contributed by atoms with Crippen LogP contribution in [0.2, 0.25) is 5.02 Å². The molecule has 2 aliphatic rings. The van der Waals surface area contributed by atoms with Gasteiger partial charge in [-0.05, 0) is 43.9 Å². The standard InChI is InChI=1S/C26H26ClF3N6OS2/c1-14-9-35(10-15(2)33-14)24-19-6-17(26(28,29)30)7-20-22(19)36(25(37)34-24)11-16(23-31-4-3-5-32-23)13-39(20)21-8-18(27)12-38-21/h3-8,12,14-16,33,39H,9-11,13H2,1-2H3/t14-,15+,16?. The van der Waals surface area contributed by atoms with Gasteiger partial charge in [-0.15, -0.1) is 11.3 Å². The number of benzene rings is 1. The van der Waals surface area contributed by atoms with Crippen LogP contribution in [0.5, 0.6) is 0 Å². The molecule has 0 bridgehead atoms. The van der Waals surface area contributed by atoms with E-state index in [2.05, 4.69) is 20.3 Å². The molecule has 4 aromatic rings. The highest BCUT2D eigenvalue weighted by atomic mass is 35.5. The van der Waals surface area contributed by atoms with Crippen LogP contribution < -0.4 is 15.9 Å². The van der Waals surface area contributed by atoms with Crippen molar-refractivity contribution >= 4 is 50.6 Å². The predicted molar refractivity (Wildman–Crippen MR) is 150 cm³/mol. The van der Waals surface area contributed by atoms with Crippen molar-refractivity contribution in [2.45, 2.75) is 53.7 Å². The van der Waals surface area contributed by atoms with Gasteiger partial charge in [0.1, 0.15) is 11.6 Å². The molecule has 1 aromatic carbocycles. The first kappa shape index (κ1) is 26.5. The third kappa shape index (κ3) is 5.03. The van der Waals surface area contributed by atoms with Crippen molar-refractivity contribution < 1.29 is 13.2 Å². The second-order valence-electron chi connectivity index (χ2n) is 10.1. The van der Waals surface area contributed by atoms with Gasteiger partial charge in [0.05, 0.1) is 16.1 Å². The number of alkyl halides is 3. The molecule has 39 heavy (non-hydrogen) atoms. The maximum atomic E-state index is 14.4. The van der Waals surface area contributed by atoms with Crippen molar-refractivity contribution in [1.29, 1.82) is 0 Å². The Labute approximate surface area is 234 Å². The van der Waals surface area contributed by atoms with E-state index in [1.807, 2.05) is 24.8 Å². The van der Waals surface area contributed by atoms with E-state index in [0.29, 0.717) is 51.3 Å². The maximum Gasteiger partial charge on any atom is 0.416 e. The lowest BCUT2D eigenvalue weighted by molar-refractivity contribution is -0.137. The van der Waals surface area contributed by atoms with E-state index in [1.54, 1.807) is 23.8 Å². The molecule has 206 valence electrons. The van der Waals surface area contributed by atoms with Crippen molar-refractivity contribution in [3.63, 3.8) is 0 Å². The zero-order valence-corrected chi connectivity index (χ0v) is 23.6. The van der Waals surface area contributed by atoms with Crippen LogP contribution >= 0.6 is 33.8 Å². The van der Waals surface area contributed by atoms with Crippen molar-refractivity contribution in [2.24, 2.45) is 0 Å². The number of rotatable bonds is 3. The molecule has 7 nitrogen and oxygen atoms in total. The van der Waals surface area contributed by atoms with Crippen molar-refractivity contribution in [3.8, 4) is 0 Å². The minimum absolute atomic E-state index is 0.0824. The molecule has 3 aromatic heterocycles. The highest BCUT2D eigenvalue weighted by Gasteiger charge is 2.37. The quantitative estimate of drug-likeness (QED) is 0.313. The number of hydrogen-bond acceptors (Lipinski definition) is 7. The lowest BCUT2D eigenvalue weighted by Crippen LogP contribution is -2.55. The van der Waals surface area contributed by atoms with Gasteiger partial charge in [0.15, 0.2) is 0 Å². The van der Waals surface area contributed by atoms with Gasteiger partial charge in [-0.25, -0.2) is 14.8 Å². The molecule has 0 radical (unpaired) electrons. The summed E-state index contributed by atoms with van der Waals surface area (Å²) in [6.07, 6.45) is -1.30. The zero-order valence-electron chi connectivity index (χ0n) is 21.1. The molecule has 2 unspecified atom stereocenters. The Morgan fingerprint density at radius 2 is 1.82 bits per heavy atom. The molecule has 13 heteroatoms. The summed E-state index contributed by atoms with van der Waals surface area (Å²) in [6, 6.07) is 6.07.